The largest absolute Gasteiger partial charge is 0.330 e. The molecule has 0 radical (unpaired) electrons. The molecule has 1 aliphatic rings. The van der Waals surface area contributed by atoms with E-state index in [2.05, 4.69) is 16.9 Å². The van der Waals surface area contributed by atoms with Crippen molar-refractivity contribution in [2.24, 2.45) is 5.73 Å². The predicted octanol–water partition coefficient (Wildman–Crippen LogP) is 2.35. The smallest absolute Gasteiger partial charge is 0.232 e. The Hall–Kier alpha value is -1.85. The standard InChI is InChI=1S/C16H18N2O2S/c17-8-3-9-21(19,20)18-14-6-7-16-13(11-14)10-12-4-1-2-5-15(12)16/h1-2,4-7,11,18H,3,8-10,17H2. The maximum atomic E-state index is 11.9. The fourth-order valence-corrected chi connectivity index (χ4v) is 3.85. The van der Waals surface area contributed by atoms with Crippen LogP contribution in [0.4, 0.5) is 5.69 Å². The third-order valence-electron chi connectivity index (χ3n) is 3.68. The van der Waals surface area contributed by atoms with E-state index in [0.29, 0.717) is 18.7 Å². The molecule has 0 amide bonds. The first-order valence-corrected chi connectivity index (χ1v) is 8.66. The molecule has 0 saturated heterocycles. The quantitative estimate of drug-likeness (QED) is 0.760. The topological polar surface area (TPSA) is 72.2 Å². The van der Waals surface area contributed by atoms with Gasteiger partial charge in [-0.05, 0) is 53.8 Å². The molecule has 0 aliphatic heterocycles. The summed E-state index contributed by atoms with van der Waals surface area (Å²) in [5.74, 6) is 0.0564. The van der Waals surface area contributed by atoms with Crippen LogP contribution in [0.5, 0.6) is 0 Å². The minimum Gasteiger partial charge on any atom is -0.330 e. The van der Waals surface area contributed by atoms with Crippen molar-refractivity contribution in [3.63, 3.8) is 0 Å². The molecule has 4 nitrogen and oxygen atoms in total. The van der Waals surface area contributed by atoms with Gasteiger partial charge in [-0.3, -0.25) is 4.72 Å². The summed E-state index contributed by atoms with van der Waals surface area (Å²) in [7, 11) is -3.31. The minimum absolute atomic E-state index is 0.0564. The number of benzene rings is 2. The van der Waals surface area contributed by atoms with Gasteiger partial charge >= 0.3 is 0 Å². The number of hydrogen-bond acceptors (Lipinski definition) is 3. The van der Waals surface area contributed by atoms with Crippen molar-refractivity contribution in [2.45, 2.75) is 12.8 Å². The molecule has 0 spiro atoms. The Morgan fingerprint density at radius 3 is 2.62 bits per heavy atom. The van der Waals surface area contributed by atoms with Gasteiger partial charge in [-0.25, -0.2) is 8.42 Å². The van der Waals surface area contributed by atoms with Gasteiger partial charge in [0, 0.05) is 5.69 Å². The van der Waals surface area contributed by atoms with Crippen LogP contribution in [0.25, 0.3) is 11.1 Å². The first kappa shape index (κ1) is 14.1. The van der Waals surface area contributed by atoms with Gasteiger partial charge < -0.3 is 5.73 Å². The van der Waals surface area contributed by atoms with E-state index < -0.39 is 10.0 Å². The molecule has 1 aliphatic carbocycles. The van der Waals surface area contributed by atoms with Crippen LogP contribution in [0.2, 0.25) is 0 Å². The predicted molar refractivity (Wildman–Crippen MR) is 85.8 cm³/mol. The van der Waals surface area contributed by atoms with Gasteiger partial charge in [0.15, 0.2) is 0 Å². The summed E-state index contributed by atoms with van der Waals surface area (Å²) in [6.45, 7) is 0.375. The molecule has 0 saturated carbocycles. The number of rotatable bonds is 5. The van der Waals surface area contributed by atoms with Gasteiger partial charge in [-0.1, -0.05) is 30.3 Å². The second-order valence-corrected chi connectivity index (χ2v) is 7.11. The molecule has 0 heterocycles. The van der Waals surface area contributed by atoms with Crippen LogP contribution < -0.4 is 10.5 Å². The fourth-order valence-electron chi connectivity index (χ4n) is 2.71. The second-order valence-electron chi connectivity index (χ2n) is 5.27. The third-order valence-corrected chi connectivity index (χ3v) is 5.06. The van der Waals surface area contributed by atoms with Crippen LogP contribution in [0, 0.1) is 0 Å². The highest BCUT2D eigenvalue weighted by Crippen LogP contribution is 2.37. The summed E-state index contributed by atoms with van der Waals surface area (Å²) in [6.07, 6.45) is 1.32. The first-order chi connectivity index (χ1) is 10.1. The molecule has 2 aromatic carbocycles. The molecule has 5 heteroatoms. The maximum absolute atomic E-state index is 11.9. The Morgan fingerprint density at radius 2 is 1.81 bits per heavy atom. The Bertz CT molecular complexity index is 770. The summed E-state index contributed by atoms with van der Waals surface area (Å²) in [6, 6.07) is 14.0. The van der Waals surface area contributed by atoms with E-state index in [1.165, 1.54) is 16.7 Å². The van der Waals surface area contributed by atoms with Crippen molar-refractivity contribution in [3.8, 4) is 11.1 Å². The van der Waals surface area contributed by atoms with E-state index in [1.54, 1.807) is 0 Å². The van der Waals surface area contributed by atoms with E-state index in [9.17, 15) is 8.42 Å². The van der Waals surface area contributed by atoms with Gasteiger partial charge in [0.1, 0.15) is 0 Å². The average Bonchev–Trinajstić information content (AvgIpc) is 2.82. The van der Waals surface area contributed by atoms with Crippen LogP contribution in [0.1, 0.15) is 17.5 Å². The summed E-state index contributed by atoms with van der Waals surface area (Å²) in [5.41, 5.74) is 10.9. The van der Waals surface area contributed by atoms with E-state index in [1.807, 2.05) is 30.3 Å². The van der Waals surface area contributed by atoms with E-state index in [0.717, 1.165) is 12.0 Å². The lowest BCUT2D eigenvalue weighted by Gasteiger charge is -2.09. The molecule has 110 valence electrons. The van der Waals surface area contributed by atoms with E-state index >= 15 is 0 Å². The van der Waals surface area contributed by atoms with Crippen LogP contribution in [-0.4, -0.2) is 20.7 Å². The molecular weight excluding hydrogens is 284 g/mol. The Labute approximate surface area is 125 Å². The highest BCUT2D eigenvalue weighted by Gasteiger charge is 2.19. The third kappa shape index (κ3) is 2.94. The molecule has 2 aromatic rings. The highest BCUT2D eigenvalue weighted by atomic mass is 32.2. The summed E-state index contributed by atoms with van der Waals surface area (Å²) in [4.78, 5) is 0. The monoisotopic (exact) mass is 302 g/mol. The molecule has 0 aromatic heterocycles. The maximum Gasteiger partial charge on any atom is 0.232 e. The lowest BCUT2D eigenvalue weighted by Crippen LogP contribution is -2.19. The molecule has 0 bridgehead atoms. The van der Waals surface area contributed by atoms with Crippen LogP contribution >= 0.6 is 0 Å². The number of nitrogens with one attached hydrogen (secondary N) is 1. The van der Waals surface area contributed by atoms with Crippen molar-refractivity contribution < 1.29 is 8.42 Å². The van der Waals surface area contributed by atoms with Crippen molar-refractivity contribution in [3.05, 3.63) is 53.6 Å². The number of hydrogen-bond donors (Lipinski definition) is 2. The second kappa shape index (κ2) is 5.50. The Balaban J connectivity index is 1.84. The van der Waals surface area contributed by atoms with Crippen molar-refractivity contribution >= 4 is 15.7 Å². The van der Waals surface area contributed by atoms with Gasteiger partial charge in [0.25, 0.3) is 0 Å². The van der Waals surface area contributed by atoms with E-state index in [4.69, 9.17) is 5.73 Å². The number of nitrogens with two attached hydrogens (primary N) is 1. The lowest BCUT2D eigenvalue weighted by molar-refractivity contribution is 0.599. The molecule has 0 unspecified atom stereocenters. The Morgan fingerprint density at radius 1 is 1.05 bits per heavy atom. The fraction of sp³-hybridized carbons (Fsp3) is 0.250. The van der Waals surface area contributed by atoms with Crippen molar-refractivity contribution in [2.75, 3.05) is 17.0 Å². The normalized spacial score (nSPS) is 12.8. The van der Waals surface area contributed by atoms with Gasteiger partial charge in [-0.15, -0.1) is 0 Å². The van der Waals surface area contributed by atoms with Gasteiger partial charge in [0.2, 0.25) is 10.0 Å². The number of sulfonamides is 1. The zero-order valence-corrected chi connectivity index (χ0v) is 12.5. The van der Waals surface area contributed by atoms with Crippen LogP contribution in [0.3, 0.4) is 0 Å². The van der Waals surface area contributed by atoms with Gasteiger partial charge in [-0.2, -0.15) is 0 Å². The molecule has 3 N–H and O–H groups in total. The highest BCUT2D eigenvalue weighted by molar-refractivity contribution is 7.92. The van der Waals surface area contributed by atoms with E-state index in [-0.39, 0.29) is 5.75 Å². The SMILES string of the molecule is NCCCS(=O)(=O)Nc1ccc2c(c1)Cc1ccccc1-2. The average molecular weight is 302 g/mol. The molecule has 3 rings (SSSR count). The van der Waals surface area contributed by atoms with Gasteiger partial charge in [0.05, 0.1) is 5.75 Å². The first-order valence-electron chi connectivity index (χ1n) is 7.01. The van der Waals surface area contributed by atoms with Crippen LogP contribution in [-0.2, 0) is 16.4 Å². The summed E-state index contributed by atoms with van der Waals surface area (Å²) in [5, 5.41) is 0. The minimum atomic E-state index is -3.31. The van der Waals surface area contributed by atoms with Crippen molar-refractivity contribution in [1.82, 2.24) is 0 Å². The molecular formula is C16H18N2O2S. The lowest BCUT2D eigenvalue weighted by atomic mass is 10.1. The molecule has 0 fully saturated rings. The number of anilines is 1. The molecule has 21 heavy (non-hydrogen) atoms. The van der Waals surface area contributed by atoms with Crippen molar-refractivity contribution in [1.29, 1.82) is 0 Å². The van der Waals surface area contributed by atoms with Crippen LogP contribution in [0.15, 0.2) is 42.5 Å². The Kier molecular flexibility index (Phi) is 3.69. The zero-order chi connectivity index (χ0) is 14.9. The summed E-state index contributed by atoms with van der Waals surface area (Å²) >= 11 is 0. The molecule has 0 atom stereocenters. The summed E-state index contributed by atoms with van der Waals surface area (Å²) < 4.78 is 26.4. The number of fused-ring (bicyclic) bond motifs is 3. The zero-order valence-electron chi connectivity index (χ0n) is 11.7.